The summed E-state index contributed by atoms with van der Waals surface area (Å²) in [5.74, 6) is 2.36. The molecule has 0 aliphatic carbocycles. The van der Waals surface area contributed by atoms with Gasteiger partial charge in [0.05, 0.1) is 38.5 Å². The van der Waals surface area contributed by atoms with E-state index in [4.69, 9.17) is 19.9 Å². The lowest BCUT2D eigenvalue weighted by Gasteiger charge is -2.26. The van der Waals surface area contributed by atoms with Gasteiger partial charge in [-0.1, -0.05) is 57.9 Å². The molecule has 2 heterocycles. The molecule has 3 aromatic rings. The maximum Gasteiger partial charge on any atom is 0.216 e. The number of rotatable bonds is 11. The van der Waals surface area contributed by atoms with Crippen LogP contribution in [0.15, 0.2) is 48.7 Å². The Labute approximate surface area is 239 Å². The number of hydrogen-bond acceptors (Lipinski definition) is 6. The van der Waals surface area contributed by atoms with Crippen LogP contribution in [0.4, 0.5) is 0 Å². The molecule has 7 nitrogen and oxygen atoms in total. The minimum Gasteiger partial charge on any atom is -0.497 e. The fourth-order valence-electron chi connectivity index (χ4n) is 4.95. The fraction of sp³-hybridized carbons (Fsp3) is 0.455. The number of nitrogens with one attached hydrogen (secondary N) is 1. The number of carbonyl (C=O) groups excluding carboxylic acids is 1. The topological polar surface area (TPSA) is 99.5 Å². The Morgan fingerprint density at radius 1 is 1.18 bits per heavy atom. The molecule has 2 atom stereocenters. The number of methoxy groups -OCH3 is 2. The van der Waals surface area contributed by atoms with Crippen molar-refractivity contribution in [3.8, 4) is 28.5 Å². The molecule has 7 heteroatoms. The fourth-order valence-corrected chi connectivity index (χ4v) is 4.95. The molecule has 0 fully saturated rings. The second-order valence-corrected chi connectivity index (χ2v) is 10.2. The molecule has 40 heavy (non-hydrogen) atoms. The first kappa shape index (κ1) is 31.0. The van der Waals surface area contributed by atoms with E-state index in [1.54, 1.807) is 20.4 Å². The molecular weight excluding hydrogens is 502 g/mol. The molecule has 0 spiro atoms. The van der Waals surface area contributed by atoms with Gasteiger partial charge < -0.3 is 19.9 Å². The van der Waals surface area contributed by atoms with Gasteiger partial charge in [-0.2, -0.15) is 5.10 Å². The monoisotopic (exact) mass is 547 g/mol. The quantitative estimate of drug-likeness (QED) is 0.199. The maximum absolute atomic E-state index is 13.8. The highest BCUT2D eigenvalue weighted by Gasteiger charge is 2.30. The summed E-state index contributed by atoms with van der Waals surface area (Å²) in [6, 6.07) is 12.0. The molecule has 0 radical (unpaired) electrons. The van der Waals surface area contributed by atoms with Crippen LogP contribution in [0.2, 0.25) is 0 Å². The standard InChI is InChI=1S/C28H32N2O4.C5H13N/c1-6-17(3)24-14-18(25-15-29-30-28(25)33-5)8-10-23(24)22(7-2)27(31)20-12-19-13-21(32-4)9-11-26(19)34-16-20;1-2-3-4-5-6/h7-11,13-15,17,20H,6,12,16H2,1-5H3,(H,29,30);2-6H2,1H3/b22-7+;. The highest BCUT2D eigenvalue weighted by molar-refractivity contribution is 6.22. The Bertz CT molecular complexity index is 1280. The summed E-state index contributed by atoms with van der Waals surface area (Å²) < 4.78 is 16.7. The molecule has 0 amide bonds. The average Bonchev–Trinajstić information content (AvgIpc) is 3.49. The SMILES string of the molecule is C/C=C(/C(=O)C1COc2ccc(OC)cc2C1)c1ccc(-c2cn[nH]c2OC)cc1C(C)CC.CCCCCN. The summed E-state index contributed by atoms with van der Waals surface area (Å²) in [7, 11) is 3.27. The van der Waals surface area contributed by atoms with Crippen LogP contribution < -0.4 is 19.9 Å². The number of carbonyl (C=O) groups is 1. The second kappa shape index (κ2) is 15.3. The van der Waals surface area contributed by atoms with Crippen molar-refractivity contribution in [3.63, 3.8) is 0 Å². The van der Waals surface area contributed by atoms with Crippen molar-refractivity contribution in [1.82, 2.24) is 10.2 Å². The number of benzene rings is 2. The van der Waals surface area contributed by atoms with Crippen LogP contribution >= 0.6 is 0 Å². The Kier molecular flexibility index (Phi) is 11.8. The van der Waals surface area contributed by atoms with E-state index in [0.29, 0.717) is 18.9 Å². The molecule has 3 N–H and O–H groups in total. The molecule has 1 aliphatic rings. The zero-order valence-electron chi connectivity index (χ0n) is 24.9. The minimum absolute atomic E-state index is 0.106. The van der Waals surface area contributed by atoms with E-state index in [0.717, 1.165) is 57.9 Å². The number of aromatic nitrogens is 2. The number of Topliss-reactive ketones (excluding diaryl/α,β-unsaturated/α-hetero) is 1. The second-order valence-electron chi connectivity index (χ2n) is 10.2. The van der Waals surface area contributed by atoms with Crippen molar-refractivity contribution >= 4 is 11.4 Å². The number of ether oxygens (including phenoxy) is 3. The predicted octanol–water partition coefficient (Wildman–Crippen LogP) is 6.97. The normalized spacial score (nSPS) is 15.3. The van der Waals surface area contributed by atoms with Crippen LogP contribution in [0.5, 0.6) is 17.4 Å². The number of aromatic amines is 1. The zero-order valence-corrected chi connectivity index (χ0v) is 24.9. The molecule has 2 unspecified atom stereocenters. The Balaban J connectivity index is 0.000000663. The summed E-state index contributed by atoms with van der Waals surface area (Å²) in [6.07, 6.45) is 9.05. The van der Waals surface area contributed by atoms with Crippen molar-refractivity contribution in [2.75, 3.05) is 27.4 Å². The summed E-state index contributed by atoms with van der Waals surface area (Å²) in [5, 5.41) is 7.00. The highest BCUT2D eigenvalue weighted by Crippen LogP contribution is 2.37. The number of unbranched alkanes of at least 4 members (excludes halogenated alkanes) is 2. The van der Waals surface area contributed by atoms with Crippen molar-refractivity contribution in [2.24, 2.45) is 11.7 Å². The Morgan fingerprint density at radius 3 is 2.60 bits per heavy atom. The molecule has 2 aromatic carbocycles. The predicted molar refractivity (Wildman–Crippen MR) is 162 cm³/mol. The van der Waals surface area contributed by atoms with Crippen LogP contribution in [0.3, 0.4) is 0 Å². The van der Waals surface area contributed by atoms with Gasteiger partial charge in [-0.05, 0) is 79.1 Å². The van der Waals surface area contributed by atoms with Crippen molar-refractivity contribution < 1.29 is 19.0 Å². The molecule has 0 saturated carbocycles. The van der Waals surface area contributed by atoms with Crippen molar-refractivity contribution in [3.05, 3.63) is 65.4 Å². The average molecular weight is 548 g/mol. The van der Waals surface area contributed by atoms with Crippen molar-refractivity contribution in [1.29, 1.82) is 0 Å². The molecule has 216 valence electrons. The molecule has 1 aromatic heterocycles. The molecular formula is C33H45N3O4. The van der Waals surface area contributed by atoms with E-state index >= 15 is 0 Å². The van der Waals surface area contributed by atoms with Gasteiger partial charge in [-0.3, -0.25) is 4.79 Å². The summed E-state index contributed by atoms with van der Waals surface area (Å²) >= 11 is 0. The number of fused-ring (bicyclic) bond motifs is 1. The smallest absolute Gasteiger partial charge is 0.216 e. The minimum atomic E-state index is -0.246. The lowest BCUT2D eigenvalue weighted by atomic mass is 9.82. The lowest BCUT2D eigenvalue weighted by Crippen LogP contribution is -2.29. The van der Waals surface area contributed by atoms with E-state index in [1.807, 2.05) is 37.3 Å². The largest absolute Gasteiger partial charge is 0.497 e. The van der Waals surface area contributed by atoms with E-state index in [-0.39, 0.29) is 17.6 Å². The van der Waals surface area contributed by atoms with Gasteiger partial charge >= 0.3 is 0 Å². The summed E-state index contributed by atoms with van der Waals surface area (Å²) in [6.45, 7) is 9.69. The first-order valence-electron chi connectivity index (χ1n) is 14.3. The van der Waals surface area contributed by atoms with Gasteiger partial charge in [0.1, 0.15) is 11.5 Å². The van der Waals surface area contributed by atoms with Gasteiger partial charge in [0, 0.05) is 5.57 Å². The van der Waals surface area contributed by atoms with Crippen LogP contribution in [-0.2, 0) is 11.2 Å². The third-order valence-corrected chi connectivity index (χ3v) is 7.51. The Morgan fingerprint density at radius 2 is 1.98 bits per heavy atom. The van der Waals surface area contributed by atoms with E-state index < -0.39 is 0 Å². The van der Waals surface area contributed by atoms with E-state index in [2.05, 4.69) is 43.1 Å². The maximum atomic E-state index is 13.8. The Hall–Kier alpha value is -3.58. The van der Waals surface area contributed by atoms with Crippen LogP contribution in [0, 0.1) is 5.92 Å². The number of hydrogen-bond donors (Lipinski definition) is 2. The zero-order chi connectivity index (χ0) is 29.1. The van der Waals surface area contributed by atoms with Gasteiger partial charge in [0.25, 0.3) is 0 Å². The summed E-state index contributed by atoms with van der Waals surface area (Å²) in [5.41, 5.74) is 11.0. The van der Waals surface area contributed by atoms with E-state index in [9.17, 15) is 4.79 Å². The lowest BCUT2D eigenvalue weighted by molar-refractivity contribution is -0.118. The number of allylic oxidation sites excluding steroid dienone is 2. The first-order valence-corrected chi connectivity index (χ1v) is 14.3. The van der Waals surface area contributed by atoms with Crippen LogP contribution in [0.1, 0.15) is 76.0 Å². The molecule has 1 aliphatic heterocycles. The number of ketones is 1. The number of nitrogens with zero attached hydrogens (tertiary/aromatic N) is 1. The third-order valence-electron chi connectivity index (χ3n) is 7.51. The molecule has 4 rings (SSSR count). The highest BCUT2D eigenvalue weighted by atomic mass is 16.5. The van der Waals surface area contributed by atoms with Crippen molar-refractivity contribution in [2.45, 2.75) is 65.7 Å². The van der Waals surface area contributed by atoms with Gasteiger partial charge in [0.15, 0.2) is 5.78 Å². The van der Waals surface area contributed by atoms with Crippen LogP contribution in [0.25, 0.3) is 16.7 Å². The first-order chi connectivity index (χ1) is 19.4. The molecule has 0 bridgehead atoms. The van der Waals surface area contributed by atoms with Gasteiger partial charge in [0.2, 0.25) is 5.88 Å². The van der Waals surface area contributed by atoms with Gasteiger partial charge in [-0.15, -0.1) is 0 Å². The van der Waals surface area contributed by atoms with Gasteiger partial charge in [-0.25, -0.2) is 5.10 Å². The third kappa shape index (κ3) is 7.33. The number of H-pyrrole nitrogens is 1. The van der Waals surface area contributed by atoms with Crippen LogP contribution in [-0.4, -0.2) is 43.4 Å². The number of nitrogens with two attached hydrogens (primary N) is 1. The molecule has 0 saturated heterocycles. The van der Waals surface area contributed by atoms with E-state index in [1.165, 1.54) is 19.3 Å². The summed E-state index contributed by atoms with van der Waals surface area (Å²) in [4.78, 5) is 13.8.